The summed E-state index contributed by atoms with van der Waals surface area (Å²) in [5.74, 6) is 0. The van der Waals surface area contributed by atoms with E-state index in [1.54, 1.807) is 12.4 Å². The molecule has 0 aliphatic carbocycles. The Kier molecular flexibility index (Phi) is 6.11. The molecule has 0 N–H and O–H groups in total. The summed E-state index contributed by atoms with van der Waals surface area (Å²) in [5, 5.41) is 0. The van der Waals surface area contributed by atoms with Gasteiger partial charge in [0.2, 0.25) is 0 Å². The number of pyridine rings is 2. The summed E-state index contributed by atoms with van der Waals surface area (Å²) in [5.41, 5.74) is 11.6. The molecule has 1 aliphatic rings. The van der Waals surface area contributed by atoms with Gasteiger partial charge in [-0.25, -0.2) is 9.98 Å². The summed E-state index contributed by atoms with van der Waals surface area (Å²) < 4.78 is 0. The molecule has 0 spiro atoms. The van der Waals surface area contributed by atoms with Crippen molar-refractivity contribution in [3.63, 3.8) is 0 Å². The van der Waals surface area contributed by atoms with Crippen molar-refractivity contribution in [1.82, 2.24) is 9.97 Å². The van der Waals surface area contributed by atoms with Crippen LogP contribution in [0, 0.1) is 0 Å². The van der Waals surface area contributed by atoms with E-state index in [0.717, 1.165) is 67.3 Å². The number of benzene rings is 4. The Morgan fingerprint density at radius 3 is 1.20 bits per heavy atom. The van der Waals surface area contributed by atoms with E-state index < -0.39 is 0 Å². The second-order valence-corrected chi connectivity index (χ2v) is 9.60. The van der Waals surface area contributed by atoms with Gasteiger partial charge in [-0.2, -0.15) is 0 Å². The van der Waals surface area contributed by atoms with Crippen LogP contribution in [-0.4, -0.2) is 21.4 Å². The van der Waals surface area contributed by atoms with Crippen LogP contribution in [0.2, 0.25) is 0 Å². The molecule has 0 saturated heterocycles. The molecule has 4 heteroatoms. The van der Waals surface area contributed by atoms with Crippen molar-refractivity contribution in [2.75, 3.05) is 0 Å². The van der Waals surface area contributed by atoms with Gasteiger partial charge in [-0.1, -0.05) is 97.1 Å². The number of nitrogens with zero attached hydrogens (tertiary/aromatic N) is 4. The molecule has 0 radical (unpaired) electrons. The van der Waals surface area contributed by atoms with Gasteiger partial charge in [0.25, 0.3) is 0 Å². The average Bonchev–Trinajstić information content (AvgIpc) is 3.03. The van der Waals surface area contributed by atoms with E-state index in [1.165, 1.54) is 0 Å². The summed E-state index contributed by atoms with van der Waals surface area (Å²) >= 11 is 0. The molecule has 3 heterocycles. The third-order valence-corrected chi connectivity index (χ3v) is 7.06. The summed E-state index contributed by atoms with van der Waals surface area (Å²) in [6.45, 7) is 0. The summed E-state index contributed by atoms with van der Waals surface area (Å²) in [6, 6.07) is 41.6. The van der Waals surface area contributed by atoms with E-state index >= 15 is 0 Å². The molecule has 7 rings (SSSR count). The van der Waals surface area contributed by atoms with Gasteiger partial charge in [0.15, 0.2) is 0 Å². The summed E-state index contributed by atoms with van der Waals surface area (Å²) in [7, 11) is 0. The number of aliphatic imine (C=N–C) groups is 2. The monoisotopic (exact) mass is 512 g/mol. The zero-order valence-electron chi connectivity index (χ0n) is 21.6. The fraction of sp³-hybridized carbons (Fsp3) is 0. The van der Waals surface area contributed by atoms with Gasteiger partial charge in [-0.3, -0.25) is 9.97 Å². The minimum atomic E-state index is 0.813. The van der Waals surface area contributed by atoms with Gasteiger partial charge in [0.05, 0.1) is 22.8 Å². The molecular weight excluding hydrogens is 488 g/mol. The number of hydrogen-bond donors (Lipinski definition) is 0. The first-order chi connectivity index (χ1) is 19.8. The molecule has 4 aromatic carbocycles. The lowest BCUT2D eigenvalue weighted by atomic mass is 9.94. The predicted molar refractivity (Wildman–Crippen MR) is 163 cm³/mol. The number of rotatable bonds is 4. The van der Waals surface area contributed by atoms with Crippen molar-refractivity contribution in [3.8, 4) is 22.3 Å². The van der Waals surface area contributed by atoms with E-state index in [0.29, 0.717) is 0 Å². The Labute approximate surface area is 233 Å². The molecule has 4 nitrogen and oxygen atoms in total. The largest absolute Gasteiger partial charge is 0.264 e. The lowest BCUT2D eigenvalue weighted by Crippen LogP contribution is -2.11. The van der Waals surface area contributed by atoms with Gasteiger partial charge in [0, 0.05) is 47.0 Å². The van der Waals surface area contributed by atoms with Crippen LogP contribution < -0.4 is 0 Å². The van der Waals surface area contributed by atoms with Crippen molar-refractivity contribution in [2.24, 2.45) is 9.98 Å². The molecule has 0 atom stereocenters. The van der Waals surface area contributed by atoms with Crippen molar-refractivity contribution in [3.05, 3.63) is 168 Å². The molecule has 6 aromatic rings. The Balaban J connectivity index is 1.41. The molecule has 40 heavy (non-hydrogen) atoms. The van der Waals surface area contributed by atoms with Gasteiger partial charge in [0.1, 0.15) is 0 Å². The zero-order chi connectivity index (χ0) is 26.7. The molecule has 188 valence electrons. The van der Waals surface area contributed by atoms with Gasteiger partial charge in [-0.15, -0.1) is 0 Å². The minimum absolute atomic E-state index is 0.813. The zero-order valence-corrected chi connectivity index (χ0v) is 21.6. The van der Waals surface area contributed by atoms with E-state index in [9.17, 15) is 0 Å². The van der Waals surface area contributed by atoms with Crippen LogP contribution in [0.4, 0.5) is 11.4 Å². The number of aromatic nitrogens is 2. The van der Waals surface area contributed by atoms with E-state index in [4.69, 9.17) is 9.98 Å². The normalized spacial score (nSPS) is 14.9. The van der Waals surface area contributed by atoms with Gasteiger partial charge < -0.3 is 0 Å². The van der Waals surface area contributed by atoms with Crippen LogP contribution in [0.5, 0.6) is 0 Å². The predicted octanol–water partition coefficient (Wildman–Crippen LogP) is 8.46. The van der Waals surface area contributed by atoms with Crippen molar-refractivity contribution in [2.45, 2.75) is 0 Å². The number of fused-ring (bicyclic) bond motifs is 2. The Hall–Kier alpha value is -5.48. The molecule has 2 aromatic heterocycles. The fourth-order valence-corrected chi connectivity index (χ4v) is 5.09. The second-order valence-electron chi connectivity index (χ2n) is 9.60. The highest BCUT2D eigenvalue weighted by atomic mass is 14.9. The molecule has 1 aliphatic heterocycles. The van der Waals surface area contributed by atoms with Crippen LogP contribution in [-0.2, 0) is 0 Å². The highest BCUT2D eigenvalue weighted by molar-refractivity contribution is 6.22. The smallest absolute Gasteiger partial charge is 0.0819 e. The second kappa shape index (κ2) is 10.4. The highest BCUT2D eigenvalue weighted by Crippen LogP contribution is 2.34. The Morgan fingerprint density at radius 1 is 0.350 bits per heavy atom. The van der Waals surface area contributed by atoms with Crippen LogP contribution in [0.15, 0.2) is 156 Å². The van der Waals surface area contributed by atoms with Crippen LogP contribution in [0.1, 0.15) is 22.3 Å². The van der Waals surface area contributed by atoms with Crippen molar-refractivity contribution >= 4 is 22.8 Å². The molecule has 0 amide bonds. The first-order valence-corrected chi connectivity index (χ1v) is 13.2. The third kappa shape index (κ3) is 4.52. The van der Waals surface area contributed by atoms with Gasteiger partial charge in [-0.05, 0) is 46.5 Å². The molecule has 0 fully saturated rings. The first kappa shape index (κ1) is 23.6. The fourth-order valence-electron chi connectivity index (χ4n) is 5.09. The minimum Gasteiger partial charge on any atom is -0.264 e. The lowest BCUT2D eigenvalue weighted by molar-refractivity contribution is 1.26. The van der Waals surface area contributed by atoms with Crippen molar-refractivity contribution in [1.29, 1.82) is 0 Å². The van der Waals surface area contributed by atoms with Gasteiger partial charge >= 0.3 is 0 Å². The Bertz CT molecular complexity index is 1750. The van der Waals surface area contributed by atoms with E-state index in [2.05, 4.69) is 107 Å². The standard InChI is InChI=1S/C36H24N4/c1-3-9-25(10-4-1)27-13-7-15-29(21-27)35-31-23-37-19-17-33(31)40-36(32-24-38-20-18-34(32)39-35)30-16-8-14-28(22-30)26-11-5-2-6-12-26/h1-24H/b35-31?,36-32?,39-34?,39-35-,40-33?,40-36-. The maximum absolute atomic E-state index is 5.26. The Morgan fingerprint density at radius 2 is 0.750 bits per heavy atom. The summed E-state index contributed by atoms with van der Waals surface area (Å²) in [4.78, 5) is 19.5. The van der Waals surface area contributed by atoms with Crippen LogP contribution in [0.25, 0.3) is 22.3 Å². The molecule has 0 bridgehead atoms. The number of hydrogen-bond acceptors (Lipinski definition) is 4. The van der Waals surface area contributed by atoms with E-state index in [1.807, 2.05) is 36.7 Å². The van der Waals surface area contributed by atoms with Crippen LogP contribution in [0.3, 0.4) is 0 Å². The highest BCUT2D eigenvalue weighted by Gasteiger charge is 2.21. The SMILES string of the molecule is c1ccc(-c2cccc(/C3=N/c4ccncc4/C(c4cccc(-c5ccccc5)c4)=N\c4ccncc43)c2)cc1. The average molecular weight is 513 g/mol. The molecule has 0 unspecified atom stereocenters. The van der Waals surface area contributed by atoms with Crippen LogP contribution >= 0.6 is 0 Å². The molecular formula is C36H24N4. The van der Waals surface area contributed by atoms with E-state index in [-0.39, 0.29) is 0 Å². The topological polar surface area (TPSA) is 50.5 Å². The van der Waals surface area contributed by atoms with Crippen molar-refractivity contribution < 1.29 is 0 Å². The maximum atomic E-state index is 5.26. The summed E-state index contributed by atoms with van der Waals surface area (Å²) in [6.07, 6.45) is 7.28. The third-order valence-electron chi connectivity index (χ3n) is 7.06. The maximum Gasteiger partial charge on any atom is 0.0819 e. The molecule has 0 saturated carbocycles. The quantitative estimate of drug-likeness (QED) is 0.237. The lowest BCUT2D eigenvalue weighted by Gasteiger charge is -2.18. The first-order valence-electron chi connectivity index (χ1n) is 13.2.